The van der Waals surface area contributed by atoms with E-state index in [1.54, 1.807) is 12.1 Å². The van der Waals surface area contributed by atoms with Gasteiger partial charge in [-0.3, -0.25) is 4.79 Å². The highest BCUT2D eigenvalue weighted by Crippen LogP contribution is 2.24. The topological polar surface area (TPSA) is 68.0 Å². The number of amides is 1. The second-order valence-corrected chi connectivity index (χ2v) is 7.42. The van der Waals surface area contributed by atoms with Crippen LogP contribution in [-0.2, 0) is 0 Å². The standard InChI is InChI=1S/C21H22ClN3O2/c1-13(2)12-18(23-20(26)16-6-4-14(3)5-7-16)21-24-19(25-27-21)15-8-10-17(22)11-9-15/h4-11,13,18H,12H2,1-3H3,(H,23,26)/t18-/m1/s1. The summed E-state index contributed by atoms with van der Waals surface area (Å²) in [6.07, 6.45) is 0.694. The van der Waals surface area contributed by atoms with Gasteiger partial charge in [0.1, 0.15) is 6.04 Å². The number of hydrogen-bond donors (Lipinski definition) is 1. The first-order chi connectivity index (χ1) is 12.9. The predicted molar refractivity (Wildman–Crippen MR) is 106 cm³/mol. The average Bonchev–Trinajstić information content (AvgIpc) is 3.12. The molecule has 0 aliphatic carbocycles. The van der Waals surface area contributed by atoms with Crippen LogP contribution < -0.4 is 5.32 Å². The molecular weight excluding hydrogens is 362 g/mol. The summed E-state index contributed by atoms with van der Waals surface area (Å²) in [6.45, 7) is 6.16. The Morgan fingerprint density at radius 2 is 1.78 bits per heavy atom. The third-order valence-corrected chi connectivity index (χ3v) is 4.42. The predicted octanol–water partition coefficient (Wildman–Crippen LogP) is 5.22. The van der Waals surface area contributed by atoms with Crippen molar-refractivity contribution >= 4 is 17.5 Å². The molecule has 0 fully saturated rings. The molecule has 1 N–H and O–H groups in total. The summed E-state index contributed by atoms with van der Waals surface area (Å²) in [5.41, 5.74) is 2.52. The first kappa shape index (κ1) is 19.1. The smallest absolute Gasteiger partial charge is 0.251 e. The lowest BCUT2D eigenvalue weighted by Crippen LogP contribution is -2.29. The van der Waals surface area contributed by atoms with Crippen molar-refractivity contribution in [1.29, 1.82) is 0 Å². The third kappa shape index (κ3) is 4.95. The van der Waals surface area contributed by atoms with Gasteiger partial charge in [-0.1, -0.05) is 48.3 Å². The molecule has 0 aliphatic rings. The number of aryl methyl sites for hydroxylation is 1. The van der Waals surface area contributed by atoms with Gasteiger partial charge in [0.25, 0.3) is 5.91 Å². The molecule has 6 heteroatoms. The summed E-state index contributed by atoms with van der Waals surface area (Å²) >= 11 is 5.93. The normalized spacial score (nSPS) is 12.2. The molecule has 1 aromatic heterocycles. The fourth-order valence-corrected chi connectivity index (χ4v) is 2.86. The molecule has 1 heterocycles. The monoisotopic (exact) mass is 383 g/mol. The van der Waals surface area contributed by atoms with E-state index in [2.05, 4.69) is 29.3 Å². The van der Waals surface area contributed by atoms with E-state index in [1.807, 2.05) is 43.3 Å². The highest BCUT2D eigenvalue weighted by atomic mass is 35.5. The second-order valence-electron chi connectivity index (χ2n) is 6.98. The summed E-state index contributed by atoms with van der Waals surface area (Å²) in [4.78, 5) is 17.1. The molecule has 0 spiro atoms. The van der Waals surface area contributed by atoms with E-state index in [9.17, 15) is 4.79 Å². The van der Waals surface area contributed by atoms with Crippen LogP contribution in [0.3, 0.4) is 0 Å². The number of nitrogens with one attached hydrogen (secondary N) is 1. The number of rotatable bonds is 6. The largest absolute Gasteiger partial charge is 0.340 e. The Labute approximate surface area is 163 Å². The van der Waals surface area contributed by atoms with Gasteiger partial charge in [-0.2, -0.15) is 4.98 Å². The number of halogens is 1. The quantitative estimate of drug-likeness (QED) is 0.633. The van der Waals surface area contributed by atoms with Gasteiger partial charge in [0, 0.05) is 16.1 Å². The summed E-state index contributed by atoms with van der Waals surface area (Å²) in [5.74, 6) is 1.06. The molecule has 5 nitrogen and oxygen atoms in total. The Morgan fingerprint density at radius 1 is 1.11 bits per heavy atom. The molecule has 1 atom stereocenters. The Hall–Kier alpha value is -2.66. The molecule has 1 amide bonds. The first-order valence-electron chi connectivity index (χ1n) is 8.89. The maximum Gasteiger partial charge on any atom is 0.251 e. The Morgan fingerprint density at radius 3 is 2.41 bits per heavy atom. The maximum absolute atomic E-state index is 12.6. The Kier molecular flexibility index (Phi) is 5.91. The molecule has 0 unspecified atom stereocenters. The van der Waals surface area contributed by atoms with Gasteiger partial charge in [-0.15, -0.1) is 0 Å². The van der Waals surface area contributed by atoms with Crippen LogP contribution in [-0.4, -0.2) is 16.0 Å². The van der Waals surface area contributed by atoms with Crippen LogP contribution in [0.4, 0.5) is 0 Å². The molecule has 3 rings (SSSR count). The van der Waals surface area contributed by atoms with Crippen LogP contribution in [0.1, 0.15) is 48.1 Å². The first-order valence-corrected chi connectivity index (χ1v) is 9.27. The number of benzene rings is 2. The summed E-state index contributed by atoms with van der Waals surface area (Å²) < 4.78 is 5.46. The molecule has 27 heavy (non-hydrogen) atoms. The second kappa shape index (κ2) is 8.35. The fourth-order valence-electron chi connectivity index (χ4n) is 2.73. The van der Waals surface area contributed by atoms with Crippen molar-refractivity contribution < 1.29 is 9.32 Å². The molecule has 0 bridgehead atoms. The number of aromatic nitrogens is 2. The van der Waals surface area contributed by atoms with Crippen molar-refractivity contribution in [2.45, 2.75) is 33.2 Å². The van der Waals surface area contributed by atoms with E-state index >= 15 is 0 Å². The zero-order valence-electron chi connectivity index (χ0n) is 15.6. The molecule has 2 aromatic carbocycles. The minimum atomic E-state index is -0.354. The van der Waals surface area contributed by atoms with Gasteiger partial charge in [0.2, 0.25) is 11.7 Å². The minimum absolute atomic E-state index is 0.160. The minimum Gasteiger partial charge on any atom is -0.340 e. The summed E-state index contributed by atoms with van der Waals surface area (Å²) in [6, 6.07) is 14.3. The number of carbonyl (C=O) groups excluding carboxylic acids is 1. The van der Waals surface area contributed by atoms with E-state index in [4.69, 9.17) is 16.1 Å². The van der Waals surface area contributed by atoms with Crippen molar-refractivity contribution in [3.05, 3.63) is 70.6 Å². The van der Waals surface area contributed by atoms with Gasteiger partial charge < -0.3 is 9.84 Å². The fraction of sp³-hybridized carbons (Fsp3) is 0.286. The highest BCUT2D eigenvalue weighted by Gasteiger charge is 2.23. The maximum atomic E-state index is 12.6. The van der Waals surface area contributed by atoms with Crippen LogP contribution in [0.5, 0.6) is 0 Å². The number of carbonyl (C=O) groups is 1. The lowest BCUT2D eigenvalue weighted by molar-refractivity contribution is 0.0922. The van der Waals surface area contributed by atoms with Crippen molar-refractivity contribution in [3.63, 3.8) is 0 Å². The van der Waals surface area contributed by atoms with Crippen molar-refractivity contribution in [2.24, 2.45) is 5.92 Å². The SMILES string of the molecule is Cc1ccc(C(=O)N[C@H](CC(C)C)c2nc(-c3ccc(Cl)cc3)no2)cc1. The van der Waals surface area contributed by atoms with Crippen LogP contribution in [0.15, 0.2) is 53.1 Å². The van der Waals surface area contributed by atoms with E-state index in [-0.39, 0.29) is 11.9 Å². The molecular formula is C21H22ClN3O2. The average molecular weight is 384 g/mol. The van der Waals surface area contributed by atoms with Gasteiger partial charge in [-0.05, 0) is 55.7 Å². The van der Waals surface area contributed by atoms with E-state index in [1.165, 1.54) is 0 Å². The van der Waals surface area contributed by atoms with Gasteiger partial charge in [0.05, 0.1) is 0 Å². The number of hydrogen-bond acceptors (Lipinski definition) is 4. The van der Waals surface area contributed by atoms with Gasteiger partial charge >= 0.3 is 0 Å². The molecule has 0 radical (unpaired) electrons. The van der Waals surface area contributed by atoms with E-state index in [0.717, 1.165) is 11.1 Å². The zero-order chi connectivity index (χ0) is 19.4. The Bertz CT molecular complexity index is 902. The summed E-state index contributed by atoms with van der Waals surface area (Å²) in [7, 11) is 0. The molecule has 0 saturated carbocycles. The zero-order valence-corrected chi connectivity index (χ0v) is 16.3. The van der Waals surface area contributed by atoms with E-state index in [0.29, 0.717) is 34.6 Å². The van der Waals surface area contributed by atoms with Crippen molar-refractivity contribution in [3.8, 4) is 11.4 Å². The highest BCUT2D eigenvalue weighted by molar-refractivity contribution is 6.30. The van der Waals surface area contributed by atoms with Crippen LogP contribution >= 0.6 is 11.6 Å². The molecule has 0 aliphatic heterocycles. The van der Waals surface area contributed by atoms with Crippen molar-refractivity contribution in [1.82, 2.24) is 15.5 Å². The number of nitrogens with zero attached hydrogens (tertiary/aromatic N) is 2. The van der Waals surface area contributed by atoms with Crippen molar-refractivity contribution in [2.75, 3.05) is 0 Å². The van der Waals surface area contributed by atoms with E-state index < -0.39 is 0 Å². The van der Waals surface area contributed by atoms with Gasteiger partial charge in [0.15, 0.2) is 0 Å². The molecule has 3 aromatic rings. The molecule has 0 saturated heterocycles. The van der Waals surface area contributed by atoms with Gasteiger partial charge in [-0.25, -0.2) is 0 Å². The van der Waals surface area contributed by atoms with Crippen LogP contribution in [0.2, 0.25) is 5.02 Å². The van der Waals surface area contributed by atoms with Crippen LogP contribution in [0.25, 0.3) is 11.4 Å². The lowest BCUT2D eigenvalue weighted by Gasteiger charge is -2.17. The summed E-state index contributed by atoms with van der Waals surface area (Å²) in [5, 5.41) is 7.72. The third-order valence-electron chi connectivity index (χ3n) is 4.17. The van der Waals surface area contributed by atoms with Crippen LogP contribution in [0, 0.1) is 12.8 Å². The lowest BCUT2D eigenvalue weighted by atomic mass is 10.0. The molecule has 140 valence electrons. The Balaban J connectivity index is 1.81.